The number of amides is 1. The van der Waals surface area contributed by atoms with Gasteiger partial charge in [-0.15, -0.1) is 11.3 Å². The van der Waals surface area contributed by atoms with Gasteiger partial charge >= 0.3 is 0 Å². The van der Waals surface area contributed by atoms with Crippen LogP contribution in [0.3, 0.4) is 0 Å². The summed E-state index contributed by atoms with van der Waals surface area (Å²) < 4.78 is 11.2. The standard InChI is InChI=1S/C22H19N3O3S/c1-13-4-9-16-18(11-13)29-22-19(16)21(23-12-24-22)28-15-7-5-14(6-8-15)25-20(26)17-3-2-10-27-17/h2-3,5-8,10,12-13H,4,9,11H2,1H3,(H,25,26)/t13-/m1/s1. The van der Waals surface area contributed by atoms with Gasteiger partial charge in [-0.2, -0.15) is 0 Å². The molecule has 3 heterocycles. The monoisotopic (exact) mass is 405 g/mol. The van der Waals surface area contributed by atoms with Crippen molar-refractivity contribution in [1.29, 1.82) is 0 Å². The highest BCUT2D eigenvalue weighted by molar-refractivity contribution is 7.18. The van der Waals surface area contributed by atoms with E-state index in [2.05, 4.69) is 22.2 Å². The van der Waals surface area contributed by atoms with E-state index < -0.39 is 0 Å². The zero-order valence-electron chi connectivity index (χ0n) is 15.8. The molecule has 0 spiro atoms. The van der Waals surface area contributed by atoms with Gasteiger partial charge in [0, 0.05) is 10.6 Å². The number of hydrogen-bond acceptors (Lipinski definition) is 6. The Hall–Kier alpha value is -3.19. The van der Waals surface area contributed by atoms with E-state index in [0.29, 0.717) is 23.2 Å². The van der Waals surface area contributed by atoms with Crippen LogP contribution < -0.4 is 10.1 Å². The zero-order valence-corrected chi connectivity index (χ0v) is 16.7. The van der Waals surface area contributed by atoms with E-state index in [4.69, 9.17) is 9.15 Å². The van der Waals surface area contributed by atoms with Crippen molar-refractivity contribution in [3.8, 4) is 11.6 Å². The van der Waals surface area contributed by atoms with Crippen LogP contribution in [-0.4, -0.2) is 15.9 Å². The Labute approximate surface area is 171 Å². The summed E-state index contributed by atoms with van der Waals surface area (Å²) in [6.45, 7) is 2.29. The second-order valence-corrected chi connectivity index (χ2v) is 8.35. The van der Waals surface area contributed by atoms with Crippen molar-refractivity contribution >= 4 is 33.1 Å². The number of furan rings is 1. The Bertz CT molecular complexity index is 1170. The van der Waals surface area contributed by atoms with E-state index in [9.17, 15) is 4.79 Å². The molecule has 4 aromatic rings. The van der Waals surface area contributed by atoms with E-state index >= 15 is 0 Å². The van der Waals surface area contributed by atoms with E-state index in [-0.39, 0.29) is 11.7 Å². The molecule has 5 rings (SSSR count). The first-order valence-corrected chi connectivity index (χ1v) is 10.4. The molecule has 0 saturated heterocycles. The van der Waals surface area contributed by atoms with Crippen LogP contribution in [0, 0.1) is 5.92 Å². The number of aromatic nitrogens is 2. The molecule has 1 atom stereocenters. The minimum atomic E-state index is -0.291. The quantitative estimate of drug-likeness (QED) is 0.488. The third kappa shape index (κ3) is 3.49. The maximum absolute atomic E-state index is 12.1. The molecule has 1 aliphatic rings. The Morgan fingerprint density at radius 3 is 2.90 bits per heavy atom. The molecule has 1 N–H and O–H groups in total. The van der Waals surface area contributed by atoms with Crippen LogP contribution in [0.1, 0.15) is 34.3 Å². The number of thiophene rings is 1. The van der Waals surface area contributed by atoms with Gasteiger partial charge in [-0.25, -0.2) is 9.97 Å². The van der Waals surface area contributed by atoms with Crippen molar-refractivity contribution in [1.82, 2.24) is 9.97 Å². The van der Waals surface area contributed by atoms with Crippen molar-refractivity contribution in [2.75, 3.05) is 5.32 Å². The summed E-state index contributed by atoms with van der Waals surface area (Å²) in [6.07, 6.45) is 6.34. The summed E-state index contributed by atoms with van der Waals surface area (Å²) in [5.74, 6) is 1.93. The van der Waals surface area contributed by atoms with Gasteiger partial charge in [-0.1, -0.05) is 6.92 Å². The predicted octanol–water partition coefficient (Wildman–Crippen LogP) is 5.45. The molecule has 6 nitrogen and oxygen atoms in total. The predicted molar refractivity (Wildman–Crippen MR) is 112 cm³/mol. The van der Waals surface area contributed by atoms with Crippen LogP contribution in [0.4, 0.5) is 5.69 Å². The van der Waals surface area contributed by atoms with Crippen LogP contribution >= 0.6 is 11.3 Å². The summed E-state index contributed by atoms with van der Waals surface area (Å²) in [5, 5.41) is 3.83. The van der Waals surface area contributed by atoms with Crippen LogP contribution in [0.2, 0.25) is 0 Å². The van der Waals surface area contributed by atoms with Crippen molar-refractivity contribution in [3.05, 3.63) is 65.2 Å². The average molecular weight is 405 g/mol. The Morgan fingerprint density at radius 2 is 2.10 bits per heavy atom. The molecular formula is C22H19N3O3S. The summed E-state index contributed by atoms with van der Waals surface area (Å²) in [4.78, 5) is 23.3. The second-order valence-electron chi connectivity index (χ2n) is 7.27. The van der Waals surface area contributed by atoms with Crippen LogP contribution in [0.15, 0.2) is 53.4 Å². The number of nitrogens with zero attached hydrogens (tertiary/aromatic N) is 2. The van der Waals surface area contributed by atoms with E-state index in [0.717, 1.165) is 23.1 Å². The topological polar surface area (TPSA) is 77.3 Å². The number of aryl methyl sites for hydroxylation is 1. The molecule has 0 saturated carbocycles. The number of nitrogens with one attached hydrogen (secondary N) is 1. The Kier molecular flexibility index (Phi) is 4.52. The van der Waals surface area contributed by atoms with Gasteiger partial charge < -0.3 is 14.5 Å². The molecule has 0 bridgehead atoms. The Balaban J connectivity index is 1.38. The zero-order chi connectivity index (χ0) is 19.8. The minimum Gasteiger partial charge on any atom is -0.459 e. The third-order valence-electron chi connectivity index (χ3n) is 5.13. The first-order valence-electron chi connectivity index (χ1n) is 9.55. The maximum atomic E-state index is 12.1. The third-order valence-corrected chi connectivity index (χ3v) is 6.29. The van der Waals surface area contributed by atoms with E-state index in [1.807, 2.05) is 12.1 Å². The Morgan fingerprint density at radius 1 is 1.24 bits per heavy atom. The van der Waals surface area contributed by atoms with Crippen molar-refractivity contribution in [3.63, 3.8) is 0 Å². The lowest BCUT2D eigenvalue weighted by molar-refractivity contribution is 0.0996. The lowest BCUT2D eigenvalue weighted by Gasteiger charge is -2.18. The van der Waals surface area contributed by atoms with Crippen molar-refractivity contribution < 1.29 is 13.9 Å². The van der Waals surface area contributed by atoms with Gasteiger partial charge in [0.15, 0.2) is 5.76 Å². The number of anilines is 1. The maximum Gasteiger partial charge on any atom is 0.291 e. The molecule has 7 heteroatoms. The summed E-state index contributed by atoms with van der Waals surface area (Å²) in [5.41, 5.74) is 1.99. The number of carbonyl (C=O) groups excluding carboxylic acids is 1. The molecule has 0 aliphatic heterocycles. The minimum absolute atomic E-state index is 0.269. The smallest absolute Gasteiger partial charge is 0.291 e. The summed E-state index contributed by atoms with van der Waals surface area (Å²) in [7, 11) is 0. The molecule has 1 amide bonds. The van der Waals surface area contributed by atoms with Gasteiger partial charge in [0.1, 0.15) is 16.9 Å². The summed E-state index contributed by atoms with van der Waals surface area (Å²) >= 11 is 1.75. The van der Waals surface area contributed by atoms with Crippen LogP contribution in [0.5, 0.6) is 11.6 Å². The van der Waals surface area contributed by atoms with E-state index in [1.165, 1.54) is 23.1 Å². The second kappa shape index (κ2) is 7.33. The fraction of sp³-hybridized carbons (Fsp3) is 0.227. The number of hydrogen-bond donors (Lipinski definition) is 1. The van der Waals surface area contributed by atoms with Gasteiger partial charge in [0.05, 0.1) is 11.6 Å². The molecule has 0 fully saturated rings. The molecule has 29 heavy (non-hydrogen) atoms. The van der Waals surface area contributed by atoms with Gasteiger partial charge in [0.25, 0.3) is 5.91 Å². The largest absolute Gasteiger partial charge is 0.459 e. The summed E-state index contributed by atoms with van der Waals surface area (Å²) in [6, 6.07) is 10.5. The number of benzene rings is 1. The lowest BCUT2D eigenvalue weighted by Crippen LogP contribution is -2.10. The highest BCUT2D eigenvalue weighted by Gasteiger charge is 2.23. The van der Waals surface area contributed by atoms with Crippen LogP contribution in [0.25, 0.3) is 10.2 Å². The molecular weight excluding hydrogens is 386 g/mol. The van der Waals surface area contributed by atoms with Gasteiger partial charge in [-0.05, 0) is 67.1 Å². The van der Waals surface area contributed by atoms with Crippen LogP contribution in [-0.2, 0) is 12.8 Å². The van der Waals surface area contributed by atoms with Gasteiger partial charge in [-0.3, -0.25) is 4.79 Å². The van der Waals surface area contributed by atoms with Gasteiger partial charge in [0.2, 0.25) is 5.88 Å². The number of rotatable bonds is 4. The fourth-order valence-corrected chi connectivity index (χ4v) is 4.98. The first-order chi connectivity index (χ1) is 14.2. The molecule has 146 valence electrons. The highest BCUT2D eigenvalue weighted by atomic mass is 32.1. The van der Waals surface area contributed by atoms with E-state index in [1.54, 1.807) is 41.9 Å². The average Bonchev–Trinajstić information content (AvgIpc) is 3.37. The lowest BCUT2D eigenvalue weighted by atomic mass is 9.89. The van der Waals surface area contributed by atoms with Crippen molar-refractivity contribution in [2.45, 2.75) is 26.2 Å². The molecule has 3 aromatic heterocycles. The molecule has 1 aromatic carbocycles. The normalized spacial score (nSPS) is 15.8. The number of carbonyl (C=O) groups is 1. The molecule has 1 aliphatic carbocycles. The highest BCUT2D eigenvalue weighted by Crippen LogP contribution is 2.41. The molecule has 0 radical (unpaired) electrons. The molecule has 0 unspecified atom stereocenters. The fourth-order valence-electron chi connectivity index (χ4n) is 3.64. The number of fused-ring (bicyclic) bond motifs is 3. The number of ether oxygens (including phenoxy) is 1. The van der Waals surface area contributed by atoms with Crippen molar-refractivity contribution in [2.24, 2.45) is 5.92 Å². The first kappa shape index (κ1) is 17.9. The SMILES string of the molecule is C[C@@H]1CCc2c(sc3ncnc(Oc4ccc(NC(=O)c5ccco5)cc4)c23)C1.